The highest BCUT2D eigenvalue weighted by molar-refractivity contribution is 6.09. The minimum atomic E-state index is 0.0420. The normalized spacial score (nSPS) is 12.0. The van der Waals surface area contributed by atoms with Crippen molar-refractivity contribution in [3.8, 4) is 23.2 Å². The molecule has 6 aromatic rings. The average Bonchev–Trinajstić information content (AvgIpc) is 3.18. The summed E-state index contributed by atoms with van der Waals surface area (Å²) in [5.41, 5.74) is 5.96. The van der Waals surface area contributed by atoms with Crippen molar-refractivity contribution in [3.05, 3.63) is 95.7 Å². The third-order valence-electron chi connectivity index (χ3n) is 6.93. The fourth-order valence-corrected chi connectivity index (χ4v) is 5.02. The molecule has 0 radical (unpaired) electrons. The Balaban J connectivity index is 1.53. The van der Waals surface area contributed by atoms with E-state index in [1.54, 1.807) is 6.07 Å². The molecule has 0 atom stereocenters. The van der Waals surface area contributed by atoms with Crippen molar-refractivity contribution in [2.24, 2.45) is 0 Å². The first-order valence-electron chi connectivity index (χ1n) is 12.5. The minimum absolute atomic E-state index is 0.0420. The molecule has 0 spiro atoms. The molecule has 0 saturated heterocycles. The summed E-state index contributed by atoms with van der Waals surface area (Å²) in [6.45, 7) is 10.7. The van der Waals surface area contributed by atoms with Gasteiger partial charge in [-0.3, -0.25) is 4.57 Å². The summed E-state index contributed by atoms with van der Waals surface area (Å²) < 4.78 is 8.45. The number of hydrogen-bond acceptors (Lipinski definition) is 4. The molecule has 0 amide bonds. The molecule has 5 heteroatoms. The number of pyridine rings is 2. The van der Waals surface area contributed by atoms with Gasteiger partial charge in [0.15, 0.2) is 0 Å². The van der Waals surface area contributed by atoms with Crippen molar-refractivity contribution in [1.29, 1.82) is 0 Å². The summed E-state index contributed by atoms with van der Waals surface area (Å²) in [7, 11) is 0. The maximum Gasteiger partial charge on any atom is 0.220 e. The van der Waals surface area contributed by atoms with Gasteiger partial charge in [0, 0.05) is 34.5 Å². The van der Waals surface area contributed by atoms with Crippen molar-refractivity contribution < 1.29 is 9.84 Å². The third kappa shape index (κ3) is 3.97. The number of phenolic OH excluding ortho intramolecular Hbond substituents is 1. The number of fused-ring (bicyclic) bond motifs is 4. The molecule has 3 heterocycles. The van der Waals surface area contributed by atoms with Gasteiger partial charge in [0.2, 0.25) is 5.88 Å². The maximum atomic E-state index is 10.5. The van der Waals surface area contributed by atoms with Gasteiger partial charge >= 0.3 is 0 Å². The van der Waals surface area contributed by atoms with Crippen molar-refractivity contribution in [2.75, 3.05) is 0 Å². The second-order valence-electron chi connectivity index (χ2n) is 10.7. The van der Waals surface area contributed by atoms with E-state index in [1.807, 2.05) is 62.5 Å². The van der Waals surface area contributed by atoms with Crippen LogP contribution in [0.4, 0.5) is 0 Å². The monoisotopic (exact) mass is 487 g/mol. The summed E-state index contributed by atoms with van der Waals surface area (Å²) in [5.74, 6) is 2.12. The molecule has 0 aliphatic rings. The number of ether oxygens (including phenoxy) is 1. The first-order valence-corrected chi connectivity index (χ1v) is 12.5. The molecule has 37 heavy (non-hydrogen) atoms. The quantitative estimate of drug-likeness (QED) is 0.274. The molecule has 6 rings (SSSR count). The second-order valence-corrected chi connectivity index (χ2v) is 10.7. The zero-order valence-electron chi connectivity index (χ0n) is 21.7. The largest absolute Gasteiger partial charge is 0.506 e. The van der Waals surface area contributed by atoms with Crippen LogP contribution >= 0.6 is 0 Å². The Hall–Kier alpha value is -4.38. The molecular weight excluding hydrogens is 458 g/mol. The van der Waals surface area contributed by atoms with Gasteiger partial charge in [-0.25, -0.2) is 9.97 Å². The summed E-state index contributed by atoms with van der Waals surface area (Å²) in [5, 5.41) is 13.7. The molecule has 0 unspecified atom stereocenters. The number of aromatic hydroxyl groups is 1. The fraction of sp³-hybridized carbons (Fsp3) is 0.188. The molecular formula is C32H29N3O2. The van der Waals surface area contributed by atoms with Crippen LogP contribution < -0.4 is 4.74 Å². The van der Waals surface area contributed by atoms with Crippen LogP contribution in [0.3, 0.4) is 0 Å². The molecule has 3 aromatic heterocycles. The molecule has 5 nitrogen and oxygen atoms in total. The van der Waals surface area contributed by atoms with Crippen LogP contribution in [0.25, 0.3) is 38.5 Å². The van der Waals surface area contributed by atoms with Gasteiger partial charge in [-0.15, -0.1) is 0 Å². The lowest BCUT2D eigenvalue weighted by molar-refractivity contribution is 0.459. The van der Waals surface area contributed by atoms with Gasteiger partial charge in [0.1, 0.15) is 22.8 Å². The molecule has 0 aliphatic heterocycles. The van der Waals surface area contributed by atoms with E-state index in [9.17, 15) is 5.11 Å². The SMILES string of the molecule is Cc1cc(O)c2nc(Oc3ccc4c5cc(C(C)(C)C)ccc5n(-c5ccccn5)c4c3)cc(C)c2c1. The average molecular weight is 488 g/mol. The van der Waals surface area contributed by atoms with E-state index in [4.69, 9.17) is 4.74 Å². The lowest BCUT2D eigenvalue weighted by Crippen LogP contribution is -2.10. The zero-order valence-corrected chi connectivity index (χ0v) is 21.7. The van der Waals surface area contributed by atoms with Gasteiger partial charge in [0.25, 0.3) is 0 Å². The molecule has 3 aromatic carbocycles. The Morgan fingerprint density at radius 3 is 2.41 bits per heavy atom. The van der Waals surface area contributed by atoms with E-state index < -0.39 is 0 Å². The Labute approximate surface area is 216 Å². The van der Waals surface area contributed by atoms with Crippen LogP contribution in [0, 0.1) is 13.8 Å². The van der Waals surface area contributed by atoms with Gasteiger partial charge in [-0.05, 0) is 84.5 Å². The number of phenols is 1. The first kappa shape index (κ1) is 23.0. The number of nitrogens with zero attached hydrogens (tertiary/aromatic N) is 3. The number of aromatic nitrogens is 3. The second kappa shape index (κ2) is 8.34. The van der Waals surface area contributed by atoms with E-state index >= 15 is 0 Å². The summed E-state index contributed by atoms with van der Waals surface area (Å²) in [4.78, 5) is 9.27. The summed E-state index contributed by atoms with van der Waals surface area (Å²) in [6.07, 6.45) is 1.81. The highest BCUT2D eigenvalue weighted by atomic mass is 16.5. The van der Waals surface area contributed by atoms with E-state index in [0.29, 0.717) is 17.1 Å². The topological polar surface area (TPSA) is 60.2 Å². The van der Waals surface area contributed by atoms with E-state index in [0.717, 1.165) is 38.8 Å². The standard InChI is InChI=1S/C32H29N3O2/c1-19-14-24-20(2)16-30(34-31(24)28(36)15-19)37-22-10-11-23-25-17-21(32(3,4)5)9-12-26(25)35(27(23)18-22)29-8-6-7-13-33-29/h6-18,36H,1-5H3. The molecule has 1 N–H and O–H groups in total. The van der Waals surface area contributed by atoms with Crippen molar-refractivity contribution >= 4 is 32.7 Å². The van der Waals surface area contributed by atoms with Crippen LogP contribution in [0.5, 0.6) is 17.4 Å². The van der Waals surface area contributed by atoms with E-state index in [-0.39, 0.29) is 11.2 Å². The molecule has 0 fully saturated rings. The zero-order chi connectivity index (χ0) is 25.9. The highest BCUT2D eigenvalue weighted by Gasteiger charge is 2.19. The lowest BCUT2D eigenvalue weighted by Gasteiger charge is -2.19. The van der Waals surface area contributed by atoms with Crippen LogP contribution in [0.2, 0.25) is 0 Å². The Morgan fingerprint density at radius 1 is 0.811 bits per heavy atom. The number of rotatable bonds is 3. The Kier molecular flexibility index (Phi) is 5.19. The van der Waals surface area contributed by atoms with Crippen LogP contribution in [0.15, 0.2) is 79.0 Å². The maximum absolute atomic E-state index is 10.5. The molecule has 0 bridgehead atoms. The van der Waals surface area contributed by atoms with Crippen molar-refractivity contribution in [1.82, 2.24) is 14.5 Å². The summed E-state index contributed by atoms with van der Waals surface area (Å²) in [6, 6.07) is 24.4. The van der Waals surface area contributed by atoms with E-state index in [1.165, 1.54) is 10.9 Å². The predicted molar refractivity (Wildman–Crippen MR) is 150 cm³/mol. The first-order chi connectivity index (χ1) is 17.7. The molecule has 0 saturated carbocycles. The Morgan fingerprint density at radius 2 is 1.65 bits per heavy atom. The van der Waals surface area contributed by atoms with Crippen molar-refractivity contribution in [2.45, 2.75) is 40.0 Å². The predicted octanol–water partition coefficient (Wildman–Crippen LogP) is 8.14. The number of hydrogen-bond donors (Lipinski definition) is 1. The smallest absolute Gasteiger partial charge is 0.220 e. The number of benzene rings is 3. The van der Waals surface area contributed by atoms with Crippen LogP contribution in [-0.4, -0.2) is 19.6 Å². The fourth-order valence-electron chi connectivity index (χ4n) is 5.02. The number of aryl methyl sites for hydroxylation is 2. The van der Waals surface area contributed by atoms with E-state index in [2.05, 4.69) is 59.6 Å². The third-order valence-corrected chi connectivity index (χ3v) is 6.93. The van der Waals surface area contributed by atoms with Gasteiger partial charge in [-0.1, -0.05) is 32.9 Å². The highest BCUT2D eigenvalue weighted by Crippen LogP contribution is 2.38. The molecule has 184 valence electrons. The van der Waals surface area contributed by atoms with Crippen LogP contribution in [0.1, 0.15) is 37.5 Å². The van der Waals surface area contributed by atoms with Gasteiger partial charge in [-0.2, -0.15) is 0 Å². The van der Waals surface area contributed by atoms with Gasteiger partial charge in [0.05, 0.1) is 11.0 Å². The Bertz CT molecular complexity index is 1810. The lowest BCUT2D eigenvalue weighted by atomic mass is 9.86. The minimum Gasteiger partial charge on any atom is -0.506 e. The summed E-state index contributed by atoms with van der Waals surface area (Å²) >= 11 is 0. The molecule has 0 aliphatic carbocycles. The van der Waals surface area contributed by atoms with Crippen LogP contribution in [-0.2, 0) is 5.41 Å². The van der Waals surface area contributed by atoms with Crippen molar-refractivity contribution in [3.63, 3.8) is 0 Å². The van der Waals surface area contributed by atoms with Gasteiger partial charge < -0.3 is 9.84 Å².